The van der Waals surface area contributed by atoms with E-state index < -0.39 is 33.3 Å². The second kappa shape index (κ2) is 8.42. The van der Waals surface area contributed by atoms with Crippen molar-refractivity contribution in [3.05, 3.63) is 60.2 Å². The number of anilines is 1. The topological polar surface area (TPSA) is 83.9 Å². The van der Waals surface area contributed by atoms with Gasteiger partial charge in [0, 0.05) is 12.1 Å². The van der Waals surface area contributed by atoms with Gasteiger partial charge in [0.05, 0.1) is 17.2 Å². The van der Waals surface area contributed by atoms with E-state index in [1.165, 1.54) is 19.1 Å². The van der Waals surface area contributed by atoms with E-state index in [1.807, 2.05) is 0 Å². The summed E-state index contributed by atoms with van der Waals surface area (Å²) in [4.78, 5) is 11.9. The molecule has 1 N–H and O–H groups in total. The van der Waals surface area contributed by atoms with Crippen molar-refractivity contribution in [2.45, 2.75) is 30.5 Å². The number of halogens is 3. The van der Waals surface area contributed by atoms with Gasteiger partial charge in [-0.3, -0.25) is 4.31 Å². The van der Waals surface area contributed by atoms with Crippen LogP contribution in [0.4, 0.5) is 18.9 Å². The van der Waals surface area contributed by atoms with E-state index >= 15 is 0 Å². The number of hydrogen-bond acceptors (Lipinski definition) is 5. The molecule has 2 aromatic carbocycles. The smallest absolute Gasteiger partial charge is 0.432 e. The molecule has 0 aliphatic heterocycles. The van der Waals surface area contributed by atoms with Gasteiger partial charge in [0.25, 0.3) is 15.6 Å². The fourth-order valence-corrected chi connectivity index (χ4v) is 4.21. The highest BCUT2D eigenvalue weighted by Crippen LogP contribution is 2.40. The number of sulfonamides is 1. The Balaban J connectivity index is 2.48. The molecule has 0 bridgehead atoms. The predicted molar refractivity (Wildman–Crippen MR) is 99.7 cm³/mol. The molecule has 0 aliphatic carbocycles. The number of hydrogen-bond donors (Lipinski definition) is 1. The molecule has 0 amide bonds. The molecule has 0 aliphatic rings. The van der Waals surface area contributed by atoms with Crippen molar-refractivity contribution in [1.82, 2.24) is 0 Å². The highest BCUT2D eigenvalue weighted by Gasteiger charge is 2.62. The number of alkyl halides is 3. The molecule has 2 rings (SSSR count). The molecule has 0 spiro atoms. The number of rotatable bonds is 7. The molecule has 0 saturated heterocycles. The zero-order valence-electron chi connectivity index (χ0n) is 15.7. The lowest BCUT2D eigenvalue weighted by atomic mass is 9.93. The predicted octanol–water partition coefficient (Wildman–Crippen LogP) is 3.21. The minimum absolute atomic E-state index is 0.0119. The molecule has 0 saturated carbocycles. The third-order valence-electron chi connectivity index (χ3n) is 4.17. The van der Waals surface area contributed by atoms with Gasteiger partial charge in [-0.25, -0.2) is 13.2 Å². The minimum Gasteiger partial charge on any atom is -0.463 e. The molecule has 0 aromatic heterocycles. The van der Waals surface area contributed by atoms with Crippen molar-refractivity contribution in [1.29, 1.82) is 0 Å². The summed E-state index contributed by atoms with van der Waals surface area (Å²) in [5.74, 6) is -1.86. The van der Waals surface area contributed by atoms with Crippen LogP contribution in [0.1, 0.15) is 19.4 Å². The Bertz CT molecular complexity index is 946. The summed E-state index contributed by atoms with van der Waals surface area (Å²) in [6.45, 7) is 2.54. The van der Waals surface area contributed by atoms with Gasteiger partial charge in [-0.1, -0.05) is 30.3 Å². The van der Waals surface area contributed by atoms with E-state index in [4.69, 9.17) is 0 Å². The van der Waals surface area contributed by atoms with Crippen LogP contribution < -0.4 is 4.31 Å². The van der Waals surface area contributed by atoms with Crippen LogP contribution in [0, 0.1) is 0 Å². The molecule has 29 heavy (non-hydrogen) atoms. The molecule has 6 nitrogen and oxygen atoms in total. The van der Waals surface area contributed by atoms with Crippen molar-refractivity contribution in [3.8, 4) is 0 Å². The Morgan fingerprint density at radius 2 is 1.59 bits per heavy atom. The summed E-state index contributed by atoms with van der Waals surface area (Å²) in [6, 6.07) is 11.4. The Morgan fingerprint density at radius 1 is 1.03 bits per heavy atom. The van der Waals surface area contributed by atoms with Crippen LogP contribution >= 0.6 is 0 Å². The highest BCUT2D eigenvalue weighted by molar-refractivity contribution is 7.92. The van der Waals surface area contributed by atoms with Crippen LogP contribution in [-0.2, 0) is 25.2 Å². The average molecular weight is 431 g/mol. The Kier molecular flexibility index (Phi) is 6.59. The van der Waals surface area contributed by atoms with Gasteiger partial charge in [0.1, 0.15) is 0 Å². The number of esters is 1. The fraction of sp³-hybridized carbons (Fsp3) is 0.316. The summed E-state index contributed by atoms with van der Waals surface area (Å²) in [7, 11) is -3.95. The lowest BCUT2D eigenvalue weighted by molar-refractivity contribution is -0.267. The maximum absolute atomic E-state index is 13.4. The van der Waals surface area contributed by atoms with Crippen LogP contribution in [0.3, 0.4) is 0 Å². The van der Waals surface area contributed by atoms with Gasteiger partial charge in [-0.2, -0.15) is 13.2 Å². The Labute approximate surface area is 166 Å². The van der Waals surface area contributed by atoms with Gasteiger partial charge < -0.3 is 9.84 Å². The molecule has 10 heteroatoms. The molecule has 2 aromatic rings. The third-order valence-corrected chi connectivity index (χ3v) is 6.09. The molecule has 0 unspecified atom stereocenters. The Hall–Kier alpha value is -2.59. The Morgan fingerprint density at radius 3 is 2.03 bits per heavy atom. The largest absolute Gasteiger partial charge is 0.463 e. The van der Waals surface area contributed by atoms with Crippen molar-refractivity contribution in [3.63, 3.8) is 0 Å². The van der Waals surface area contributed by atoms with Crippen molar-refractivity contribution in [2.24, 2.45) is 0 Å². The zero-order valence-corrected chi connectivity index (χ0v) is 16.5. The van der Waals surface area contributed by atoms with Gasteiger partial charge in [-0.05, 0) is 38.1 Å². The molecule has 158 valence electrons. The van der Waals surface area contributed by atoms with E-state index in [0.29, 0.717) is 0 Å². The van der Waals surface area contributed by atoms with Gasteiger partial charge >= 0.3 is 12.1 Å². The maximum Gasteiger partial charge on any atom is 0.432 e. The maximum atomic E-state index is 13.4. The van der Waals surface area contributed by atoms with Crippen LogP contribution in [-0.4, -0.2) is 38.8 Å². The van der Waals surface area contributed by atoms with E-state index in [9.17, 15) is 31.5 Å². The van der Waals surface area contributed by atoms with Crippen molar-refractivity contribution in [2.75, 3.05) is 17.5 Å². The lowest BCUT2D eigenvalue weighted by Gasteiger charge is -2.29. The number of carbonyl (C=O) groups is 1. The standard InChI is InChI=1S/C19H20F3NO5S/c1-3-23(29(26,27)16-8-6-5-7-9-16)15-12-10-14(11-13-15)18(25,19(20,21)22)17(24)28-4-2/h5-13,25H,3-4H2,1-2H3/t18-/m1/s1. The summed E-state index contributed by atoms with van der Waals surface area (Å²) < 4.78 is 71.4. The van der Waals surface area contributed by atoms with Gasteiger partial charge in [0.15, 0.2) is 0 Å². The van der Waals surface area contributed by atoms with Gasteiger partial charge in [-0.15, -0.1) is 0 Å². The van der Waals surface area contributed by atoms with E-state index in [2.05, 4.69) is 4.74 Å². The first-order chi connectivity index (χ1) is 13.5. The summed E-state index contributed by atoms with van der Waals surface area (Å²) in [5.41, 5.74) is -4.56. The summed E-state index contributed by atoms with van der Waals surface area (Å²) in [6.07, 6.45) is -5.33. The van der Waals surface area contributed by atoms with Crippen LogP contribution in [0.2, 0.25) is 0 Å². The van der Waals surface area contributed by atoms with Crippen LogP contribution in [0.5, 0.6) is 0 Å². The van der Waals surface area contributed by atoms with E-state index in [-0.39, 0.29) is 23.7 Å². The molecule has 0 radical (unpaired) electrons. The van der Waals surface area contributed by atoms with E-state index in [0.717, 1.165) is 28.6 Å². The van der Waals surface area contributed by atoms with Crippen molar-refractivity contribution >= 4 is 21.7 Å². The number of nitrogens with zero attached hydrogens (tertiary/aromatic N) is 1. The first kappa shape index (κ1) is 22.7. The number of aliphatic hydroxyl groups is 1. The summed E-state index contributed by atoms with van der Waals surface area (Å²) >= 11 is 0. The highest BCUT2D eigenvalue weighted by atomic mass is 32.2. The second-order valence-corrected chi connectivity index (χ2v) is 7.82. The minimum atomic E-state index is -5.33. The molecular weight excluding hydrogens is 411 g/mol. The number of ether oxygens (including phenoxy) is 1. The van der Waals surface area contributed by atoms with E-state index in [1.54, 1.807) is 25.1 Å². The van der Waals surface area contributed by atoms with Crippen LogP contribution in [0.15, 0.2) is 59.5 Å². The SMILES string of the molecule is CCOC(=O)[C@](O)(c1ccc(N(CC)S(=O)(=O)c2ccccc2)cc1)C(F)(F)F. The van der Waals surface area contributed by atoms with Crippen LogP contribution in [0.25, 0.3) is 0 Å². The number of carbonyl (C=O) groups excluding carboxylic acids is 1. The zero-order chi connectivity index (χ0) is 21.9. The first-order valence-corrected chi connectivity index (χ1v) is 10.1. The molecule has 1 atom stereocenters. The molecule has 0 fully saturated rings. The fourth-order valence-electron chi connectivity index (χ4n) is 2.71. The first-order valence-electron chi connectivity index (χ1n) is 8.64. The normalized spacial score (nSPS) is 14.1. The second-order valence-electron chi connectivity index (χ2n) is 5.96. The third kappa shape index (κ3) is 4.23. The molecule has 0 heterocycles. The average Bonchev–Trinajstić information content (AvgIpc) is 2.68. The summed E-state index contributed by atoms with van der Waals surface area (Å²) in [5, 5.41) is 10.1. The van der Waals surface area contributed by atoms with Crippen molar-refractivity contribution < 1.29 is 36.2 Å². The lowest BCUT2D eigenvalue weighted by Crippen LogP contribution is -2.50. The monoisotopic (exact) mass is 431 g/mol. The molecular formula is C19H20F3NO5S. The quantitative estimate of drug-likeness (QED) is 0.681. The number of benzene rings is 2. The van der Waals surface area contributed by atoms with Gasteiger partial charge in [0.2, 0.25) is 0 Å².